The van der Waals surface area contributed by atoms with E-state index in [4.69, 9.17) is 4.74 Å². The topological polar surface area (TPSA) is 115 Å². The van der Waals surface area contributed by atoms with Gasteiger partial charge in [0.25, 0.3) is 5.91 Å². The van der Waals surface area contributed by atoms with Gasteiger partial charge >= 0.3 is 12.0 Å². The zero-order valence-electron chi connectivity index (χ0n) is 14.7. The number of esters is 1. The van der Waals surface area contributed by atoms with E-state index in [9.17, 15) is 14.4 Å². The Labute approximate surface area is 154 Å². The van der Waals surface area contributed by atoms with E-state index in [1.165, 1.54) is 19.2 Å². The van der Waals surface area contributed by atoms with Gasteiger partial charge in [0.15, 0.2) is 11.8 Å². The van der Waals surface area contributed by atoms with Crippen molar-refractivity contribution < 1.29 is 19.1 Å². The summed E-state index contributed by atoms with van der Waals surface area (Å²) in [6, 6.07) is 11.1. The van der Waals surface area contributed by atoms with E-state index in [1.54, 1.807) is 47.7 Å². The molecular formula is C18H17N5O4. The molecule has 3 aromatic rings. The number of nitrogens with zero attached hydrogens (tertiary/aromatic N) is 3. The molecule has 27 heavy (non-hydrogen) atoms. The molecule has 0 radical (unpaired) electrons. The number of pyridine rings is 1. The highest BCUT2D eigenvalue weighted by Gasteiger charge is 2.21. The van der Waals surface area contributed by atoms with E-state index in [0.29, 0.717) is 17.2 Å². The second-order valence-corrected chi connectivity index (χ2v) is 5.75. The predicted molar refractivity (Wildman–Crippen MR) is 96.2 cm³/mol. The lowest BCUT2D eigenvalue weighted by molar-refractivity contribution is -0.127. The fourth-order valence-electron chi connectivity index (χ4n) is 2.31. The SMILES string of the molecule is Cc1nnc2ccc(C(=O)OC(C)C(=O)NC(=O)Nc3ccccc3)cn12. The number of nitrogens with one attached hydrogen (secondary N) is 2. The van der Waals surface area contributed by atoms with Crippen LogP contribution >= 0.6 is 0 Å². The highest BCUT2D eigenvalue weighted by atomic mass is 16.5. The van der Waals surface area contributed by atoms with Crippen molar-refractivity contribution in [2.45, 2.75) is 20.0 Å². The fourth-order valence-corrected chi connectivity index (χ4v) is 2.31. The largest absolute Gasteiger partial charge is 0.449 e. The molecule has 0 saturated heterocycles. The molecule has 138 valence electrons. The van der Waals surface area contributed by atoms with Gasteiger partial charge in [-0.25, -0.2) is 9.59 Å². The van der Waals surface area contributed by atoms with Crippen molar-refractivity contribution in [3.63, 3.8) is 0 Å². The summed E-state index contributed by atoms with van der Waals surface area (Å²) in [5.41, 5.74) is 1.36. The number of carbonyl (C=O) groups is 3. The highest BCUT2D eigenvalue weighted by molar-refractivity contribution is 6.03. The summed E-state index contributed by atoms with van der Waals surface area (Å²) in [4.78, 5) is 36.2. The monoisotopic (exact) mass is 367 g/mol. The number of imide groups is 1. The van der Waals surface area contributed by atoms with Crippen LogP contribution in [0.3, 0.4) is 0 Å². The highest BCUT2D eigenvalue weighted by Crippen LogP contribution is 2.09. The molecule has 0 fully saturated rings. The van der Waals surface area contributed by atoms with Gasteiger partial charge in [0.2, 0.25) is 0 Å². The predicted octanol–water partition coefficient (Wildman–Crippen LogP) is 1.93. The lowest BCUT2D eigenvalue weighted by Crippen LogP contribution is -2.41. The third-order valence-electron chi connectivity index (χ3n) is 3.73. The molecule has 3 rings (SSSR count). The van der Waals surface area contributed by atoms with Crippen LogP contribution in [0.4, 0.5) is 10.5 Å². The van der Waals surface area contributed by atoms with Crippen molar-refractivity contribution in [3.05, 3.63) is 60.0 Å². The minimum absolute atomic E-state index is 0.235. The first-order valence-electron chi connectivity index (χ1n) is 8.13. The summed E-state index contributed by atoms with van der Waals surface area (Å²) in [5, 5.41) is 12.5. The zero-order chi connectivity index (χ0) is 19.4. The van der Waals surface area contributed by atoms with Crippen molar-refractivity contribution in [1.29, 1.82) is 0 Å². The van der Waals surface area contributed by atoms with Crippen LogP contribution in [0.5, 0.6) is 0 Å². The first-order chi connectivity index (χ1) is 12.9. The molecule has 1 unspecified atom stereocenters. The maximum Gasteiger partial charge on any atom is 0.340 e. The third kappa shape index (κ3) is 4.27. The maximum absolute atomic E-state index is 12.3. The minimum atomic E-state index is -1.16. The Hall–Kier alpha value is -3.75. The van der Waals surface area contributed by atoms with Crippen molar-refractivity contribution in [1.82, 2.24) is 19.9 Å². The van der Waals surface area contributed by atoms with Crippen molar-refractivity contribution in [2.75, 3.05) is 5.32 Å². The average molecular weight is 367 g/mol. The number of para-hydroxylation sites is 1. The van der Waals surface area contributed by atoms with Crippen LogP contribution in [0.15, 0.2) is 48.7 Å². The molecule has 0 spiro atoms. The van der Waals surface area contributed by atoms with E-state index in [0.717, 1.165) is 0 Å². The number of amides is 3. The van der Waals surface area contributed by atoms with Crippen LogP contribution < -0.4 is 10.6 Å². The Morgan fingerprint density at radius 2 is 1.81 bits per heavy atom. The number of fused-ring (bicyclic) bond motifs is 1. The first kappa shape index (κ1) is 18.1. The van der Waals surface area contributed by atoms with Gasteiger partial charge in [-0.2, -0.15) is 0 Å². The van der Waals surface area contributed by atoms with Gasteiger partial charge in [-0.15, -0.1) is 10.2 Å². The van der Waals surface area contributed by atoms with Crippen LogP contribution in [-0.4, -0.2) is 38.6 Å². The number of hydrogen-bond donors (Lipinski definition) is 2. The van der Waals surface area contributed by atoms with Gasteiger partial charge in [-0.05, 0) is 38.1 Å². The Kier molecular flexibility index (Phi) is 5.11. The number of aromatic nitrogens is 3. The Morgan fingerprint density at radius 3 is 2.56 bits per heavy atom. The van der Waals surface area contributed by atoms with Crippen LogP contribution in [0.25, 0.3) is 5.65 Å². The summed E-state index contributed by atoms with van der Waals surface area (Å²) in [7, 11) is 0. The number of rotatable bonds is 4. The van der Waals surface area contributed by atoms with E-state index in [1.807, 2.05) is 0 Å². The minimum Gasteiger partial charge on any atom is -0.449 e. The molecule has 0 aliphatic carbocycles. The van der Waals surface area contributed by atoms with Crippen molar-refractivity contribution in [2.24, 2.45) is 0 Å². The molecule has 2 N–H and O–H groups in total. The molecule has 3 amide bonds. The standard InChI is InChI=1S/C18H17N5O4/c1-11(16(24)20-18(26)19-14-6-4-3-5-7-14)27-17(25)13-8-9-15-22-21-12(2)23(15)10-13/h3-11H,1-2H3,(H2,19,20,24,26). The van der Waals surface area contributed by atoms with Crippen LogP contribution in [0, 0.1) is 6.92 Å². The number of benzene rings is 1. The second kappa shape index (κ2) is 7.65. The second-order valence-electron chi connectivity index (χ2n) is 5.75. The molecule has 0 saturated carbocycles. The van der Waals surface area contributed by atoms with Crippen LogP contribution in [0.2, 0.25) is 0 Å². The van der Waals surface area contributed by atoms with Crippen molar-refractivity contribution >= 4 is 29.2 Å². The lowest BCUT2D eigenvalue weighted by atomic mass is 10.3. The molecule has 0 aliphatic heterocycles. The number of hydrogen-bond acceptors (Lipinski definition) is 6. The van der Waals surface area contributed by atoms with Gasteiger partial charge in [0.1, 0.15) is 5.82 Å². The molecule has 9 nitrogen and oxygen atoms in total. The van der Waals surface area contributed by atoms with Gasteiger partial charge in [-0.1, -0.05) is 18.2 Å². The van der Waals surface area contributed by atoms with E-state index in [2.05, 4.69) is 20.8 Å². The average Bonchev–Trinajstić information content (AvgIpc) is 3.02. The molecule has 1 atom stereocenters. The Bertz CT molecular complexity index is 999. The Morgan fingerprint density at radius 1 is 1.07 bits per heavy atom. The smallest absolute Gasteiger partial charge is 0.340 e. The first-order valence-corrected chi connectivity index (χ1v) is 8.13. The van der Waals surface area contributed by atoms with Crippen LogP contribution in [-0.2, 0) is 9.53 Å². The number of carbonyl (C=O) groups excluding carboxylic acids is 3. The number of urea groups is 1. The summed E-state index contributed by atoms with van der Waals surface area (Å²) in [5.74, 6) is -0.822. The molecule has 0 aliphatic rings. The molecule has 2 heterocycles. The van der Waals surface area contributed by atoms with Crippen LogP contribution in [0.1, 0.15) is 23.1 Å². The quantitative estimate of drug-likeness (QED) is 0.681. The van der Waals surface area contributed by atoms with Gasteiger partial charge in [0.05, 0.1) is 5.56 Å². The summed E-state index contributed by atoms with van der Waals surface area (Å²) >= 11 is 0. The third-order valence-corrected chi connectivity index (χ3v) is 3.73. The molecule has 0 bridgehead atoms. The maximum atomic E-state index is 12.3. The van der Waals surface area contributed by atoms with Gasteiger partial charge < -0.3 is 10.1 Å². The normalized spacial score (nSPS) is 11.6. The van der Waals surface area contributed by atoms with Crippen molar-refractivity contribution in [3.8, 4) is 0 Å². The molecular weight excluding hydrogens is 350 g/mol. The molecule has 9 heteroatoms. The van der Waals surface area contributed by atoms with Gasteiger partial charge in [0, 0.05) is 11.9 Å². The van der Waals surface area contributed by atoms with E-state index >= 15 is 0 Å². The summed E-state index contributed by atoms with van der Waals surface area (Å²) in [6.45, 7) is 3.13. The summed E-state index contributed by atoms with van der Waals surface area (Å²) in [6.07, 6.45) is 0.372. The Balaban J connectivity index is 1.58. The number of aryl methyl sites for hydroxylation is 1. The van der Waals surface area contributed by atoms with Gasteiger partial charge in [-0.3, -0.25) is 14.5 Å². The molecule has 2 aromatic heterocycles. The summed E-state index contributed by atoms with van der Waals surface area (Å²) < 4.78 is 6.76. The number of anilines is 1. The number of ether oxygens (including phenoxy) is 1. The van der Waals surface area contributed by atoms with E-state index in [-0.39, 0.29) is 5.56 Å². The lowest BCUT2D eigenvalue weighted by Gasteiger charge is -2.13. The molecule has 1 aromatic carbocycles. The zero-order valence-corrected chi connectivity index (χ0v) is 14.7. The van der Waals surface area contributed by atoms with E-state index < -0.39 is 24.0 Å². The fraction of sp³-hybridized carbons (Fsp3) is 0.167.